The van der Waals surface area contributed by atoms with Crippen molar-refractivity contribution in [2.24, 2.45) is 0 Å². The van der Waals surface area contributed by atoms with E-state index in [2.05, 4.69) is 31.3 Å². The average Bonchev–Trinajstić information content (AvgIpc) is 2.77. The zero-order chi connectivity index (χ0) is 12.1. The number of hydrogen-bond donors (Lipinski definition) is 1. The Bertz CT molecular complexity index is 469. The Hall–Kier alpha value is -1.40. The molecule has 2 heterocycles. The predicted octanol–water partition coefficient (Wildman–Crippen LogP) is 2.43. The van der Waals surface area contributed by atoms with E-state index in [1.54, 1.807) is 19.5 Å². The number of pyridine rings is 1. The highest BCUT2D eigenvalue weighted by atomic mass is 79.9. The van der Waals surface area contributed by atoms with E-state index >= 15 is 0 Å². The Morgan fingerprint density at radius 1 is 1.41 bits per heavy atom. The van der Waals surface area contributed by atoms with Gasteiger partial charge < -0.3 is 10.1 Å². The molecule has 0 atom stereocenters. The molecule has 1 N–H and O–H groups in total. The van der Waals surface area contributed by atoms with Gasteiger partial charge in [-0.3, -0.25) is 4.68 Å². The molecule has 0 aromatic carbocycles. The summed E-state index contributed by atoms with van der Waals surface area (Å²) in [5.41, 5.74) is 0.913. The van der Waals surface area contributed by atoms with Gasteiger partial charge in [-0.2, -0.15) is 5.10 Å². The Morgan fingerprint density at radius 3 is 3.00 bits per heavy atom. The fourth-order valence-corrected chi connectivity index (χ4v) is 1.57. The molecule has 0 spiro atoms. The number of anilines is 2. The van der Waals surface area contributed by atoms with Crippen LogP contribution in [0.25, 0.3) is 0 Å². The van der Waals surface area contributed by atoms with Gasteiger partial charge in [-0.15, -0.1) is 0 Å². The van der Waals surface area contributed by atoms with Gasteiger partial charge in [0.05, 0.1) is 25.0 Å². The number of nitrogens with zero attached hydrogens (tertiary/aromatic N) is 3. The minimum Gasteiger partial charge on any atom is -0.383 e. The minimum atomic E-state index is 0.650. The summed E-state index contributed by atoms with van der Waals surface area (Å²) in [4.78, 5) is 4.23. The minimum absolute atomic E-state index is 0.650. The first-order valence-electron chi connectivity index (χ1n) is 5.18. The number of aromatic nitrogens is 3. The second kappa shape index (κ2) is 5.79. The molecule has 2 aromatic heterocycles. The van der Waals surface area contributed by atoms with Crippen molar-refractivity contribution in [3.05, 3.63) is 35.2 Å². The zero-order valence-corrected chi connectivity index (χ0v) is 11.0. The van der Waals surface area contributed by atoms with E-state index in [0.717, 1.165) is 22.5 Å². The van der Waals surface area contributed by atoms with E-state index in [9.17, 15) is 0 Å². The van der Waals surface area contributed by atoms with Crippen molar-refractivity contribution < 1.29 is 4.74 Å². The summed E-state index contributed by atoms with van der Waals surface area (Å²) in [5, 5.41) is 7.38. The van der Waals surface area contributed by atoms with Crippen molar-refractivity contribution in [2.45, 2.75) is 6.54 Å². The molecule has 0 aliphatic carbocycles. The molecule has 6 heteroatoms. The molecule has 0 fully saturated rings. The third kappa shape index (κ3) is 3.54. The molecule has 0 amide bonds. The molecule has 2 aromatic rings. The fourth-order valence-electron chi connectivity index (χ4n) is 1.33. The van der Waals surface area contributed by atoms with E-state index in [-0.39, 0.29) is 0 Å². The zero-order valence-electron chi connectivity index (χ0n) is 9.43. The Morgan fingerprint density at radius 2 is 2.29 bits per heavy atom. The summed E-state index contributed by atoms with van der Waals surface area (Å²) in [6.07, 6.45) is 5.43. The van der Waals surface area contributed by atoms with Gasteiger partial charge in [-0.25, -0.2) is 4.98 Å². The second-order valence-corrected chi connectivity index (χ2v) is 4.39. The summed E-state index contributed by atoms with van der Waals surface area (Å²) in [6, 6.07) is 3.83. The monoisotopic (exact) mass is 296 g/mol. The highest BCUT2D eigenvalue weighted by molar-refractivity contribution is 9.10. The third-order valence-electron chi connectivity index (χ3n) is 2.16. The molecule has 0 aliphatic heterocycles. The molecule has 5 nitrogen and oxygen atoms in total. The van der Waals surface area contributed by atoms with E-state index in [4.69, 9.17) is 4.74 Å². The van der Waals surface area contributed by atoms with Crippen LogP contribution in [0.4, 0.5) is 11.5 Å². The standard InChI is InChI=1S/C11H13BrN4O/c1-17-5-4-16-8-10(7-14-16)15-11-3-2-9(12)6-13-11/h2-3,6-8H,4-5H2,1H3,(H,13,15). The van der Waals surface area contributed by atoms with Crippen LogP contribution < -0.4 is 5.32 Å². The molecule has 0 aliphatic rings. The van der Waals surface area contributed by atoms with Crippen molar-refractivity contribution in [3.63, 3.8) is 0 Å². The van der Waals surface area contributed by atoms with Crippen LogP contribution in [0.3, 0.4) is 0 Å². The SMILES string of the molecule is COCCn1cc(Nc2ccc(Br)cn2)cn1. The number of rotatable bonds is 5. The molecule has 2 rings (SSSR count). The quantitative estimate of drug-likeness (QED) is 0.921. The van der Waals surface area contributed by atoms with Crippen LogP contribution >= 0.6 is 15.9 Å². The molecule has 0 saturated heterocycles. The highest BCUT2D eigenvalue weighted by Crippen LogP contribution is 2.15. The Balaban J connectivity index is 1.98. The van der Waals surface area contributed by atoms with E-state index < -0.39 is 0 Å². The molecular formula is C11H13BrN4O. The van der Waals surface area contributed by atoms with Crippen molar-refractivity contribution in [2.75, 3.05) is 19.0 Å². The van der Waals surface area contributed by atoms with E-state index in [1.165, 1.54) is 0 Å². The van der Waals surface area contributed by atoms with Gasteiger partial charge in [0.15, 0.2) is 0 Å². The van der Waals surface area contributed by atoms with Crippen molar-refractivity contribution >= 4 is 27.4 Å². The van der Waals surface area contributed by atoms with Crippen LogP contribution in [0.15, 0.2) is 35.2 Å². The van der Waals surface area contributed by atoms with Gasteiger partial charge in [-0.1, -0.05) is 0 Å². The third-order valence-corrected chi connectivity index (χ3v) is 2.63. The van der Waals surface area contributed by atoms with Crippen molar-refractivity contribution in [1.29, 1.82) is 0 Å². The average molecular weight is 297 g/mol. The van der Waals surface area contributed by atoms with Crippen LogP contribution in [0.1, 0.15) is 0 Å². The van der Waals surface area contributed by atoms with Crippen molar-refractivity contribution in [1.82, 2.24) is 14.8 Å². The molecular weight excluding hydrogens is 284 g/mol. The molecule has 0 radical (unpaired) electrons. The van der Waals surface area contributed by atoms with Crippen LogP contribution in [0.5, 0.6) is 0 Å². The molecule has 17 heavy (non-hydrogen) atoms. The maximum atomic E-state index is 4.99. The summed E-state index contributed by atoms with van der Waals surface area (Å²) >= 11 is 3.34. The molecule has 90 valence electrons. The second-order valence-electron chi connectivity index (χ2n) is 3.47. The van der Waals surface area contributed by atoms with Gasteiger partial charge in [0, 0.05) is 24.0 Å². The van der Waals surface area contributed by atoms with Gasteiger partial charge in [0.2, 0.25) is 0 Å². The normalized spacial score (nSPS) is 10.5. The van der Waals surface area contributed by atoms with E-state index in [0.29, 0.717) is 6.61 Å². The summed E-state index contributed by atoms with van der Waals surface area (Å²) < 4.78 is 7.77. The lowest BCUT2D eigenvalue weighted by Crippen LogP contribution is -2.03. The lowest BCUT2D eigenvalue weighted by Gasteiger charge is -2.02. The Kier molecular flexibility index (Phi) is 4.11. The number of methoxy groups -OCH3 is 1. The van der Waals surface area contributed by atoms with Crippen LogP contribution in [0, 0.1) is 0 Å². The van der Waals surface area contributed by atoms with Gasteiger partial charge in [0.1, 0.15) is 5.82 Å². The van der Waals surface area contributed by atoms with Crippen LogP contribution in [-0.4, -0.2) is 28.5 Å². The summed E-state index contributed by atoms with van der Waals surface area (Å²) in [7, 11) is 1.68. The maximum Gasteiger partial charge on any atom is 0.130 e. The summed E-state index contributed by atoms with van der Waals surface area (Å²) in [5.74, 6) is 0.791. The van der Waals surface area contributed by atoms with Gasteiger partial charge in [-0.05, 0) is 28.1 Å². The highest BCUT2D eigenvalue weighted by Gasteiger charge is 1.99. The topological polar surface area (TPSA) is 52.0 Å². The number of nitrogens with one attached hydrogen (secondary N) is 1. The van der Waals surface area contributed by atoms with Gasteiger partial charge in [0.25, 0.3) is 0 Å². The van der Waals surface area contributed by atoms with E-state index in [1.807, 2.05) is 23.0 Å². The smallest absolute Gasteiger partial charge is 0.130 e. The first-order chi connectivity index (χ1) is 8.28. The van der Waals surface area contributed by atoms with Gasteiger partial charge >= 0.3 is 0 Å². The Labute approximate surface area is 108 Å². The molecule has 0 saturated carbocycles. The van der Waals surface area contributed by atoms with Crippen LogP contribution in [-0.2, 0) is 11.3 Å². The predicted molar refractivity (Wildman–Crippen MR) is 69.3 cm³/mol. The molecule has 0 bridgehead atoms. The maximum absolute atomic E-state index is 4.99. The largest absolute Gasteiger partial charge is 0.383 e. The van der Waals surface area contributed by atoms with Crippen LogP contribution in [0.2, 0.25) is 0 Å². The number of halogens is 1. The lowest BCUT2D eigenvalue weighted by molar-refractivity contribution is 0.183. The number of hydrogen-bond acceptors (Lipinski definition) is 4. The first kappa shape index (κ1) is 12.1. The first-order valence-corrected chi connectivity index (χ1v) is 5.97. The molecule has 0 unspecified atom stereocenters. The summed E-state index contributed by atoms with van der Waals surface area (Å²) in [6.45, 7) is 1.39. The van der Waals surface area contributed by atoms with Crippen molar-refractivity contribution in [3.8, 4) is 0 Å². The number of ether oxygens (including phenoxy) is 1. The lowest BCUT2D eigenvalue weighted by atomic mass is 10.4. The fraction of sp³-hybridized carbons (Fsp3) is 0.273.